The second kappa shape index (κ2) is 10.5. The quantitative estimate of drug-likeness (QED) is 0.399. The topological polar surface area (TPSA) is 130 Å². The number of pyridine rings is 1. The number of aromatic nitrogens is 3. The molecule has 1 aliphatic heterocycles. The largest absolute Gasteiger partial charge is 0.465 e. The number of aryl methyl sites for hydroxylation is 2. The second-order valence-electron chi connectivity index (χ2n) is 8.15. The standard InChI is InChI=1S/C24H30N6O4/c1-3-19-17(13-25-23(31)16-7-5-6-8-20(16)29-24(32)33)21(27-15-9-11-34-12-10-15)18-14-26-30(4-2)22(18)28-19/h5-8,14-15,29H,3-4,9-13H2,1-2H3,(H,25,31)(H,27,28)(H,32,33). The lowest BCUT2D eigenvalue weighted by Crippen LogP contribution is -2.30. The van der Waals surface area contributed by atoms with Crippen LogP contribution in [0.15, 0.2) is 30.5 Å². The van der Waals surface area contributed by atoms with Gasteiger partial charge >= 0.3 is 6.09 Å². The van der Waals surface area contributed by atoms with Crippen LogP contribution in [0.2, 0.25) is 0 Å². The molecule has 2 aromatic heterocycles. The predicted molar refractivity (Wildman–Crippen MR) is 129 cm³/mol. The Morgan fingerprint density at radius 1 is 1.21 bits per heavy atom. The Labute approximate surface area is 197 Å². The average molecular weight is 467 g/mol. The SMILES string of the molecule is CCc1nc2c(cnn2CC)c(NC2CCOCC2)c1CNC(=O)c1ccccc1NC(=O)O. The molecule has 0 radical (unpaired) electrons. The predicted octanol–water partition coefficient (Wildman–Crippen LogP) is 3.62. The van der Waals surface area contributed by atoms with Gasteiger partial charge in [0, 0.05) is 43.6 Å². The molecule has 180 valence electrons. The first-order chi connectivity index (χ1) is 16.5. The van der Waals surface area contributed by atoms with Crippen molar-refractivity contribution in [3.05, 3.63) is 47.3 Å². The highest BCUT2D eigenvalue weighted by molar-refractivity contribution is 6.02. The van der Waals surface area contributed by atoms with Crippen molar-refractivity contribution < 1.29 is 19.4 Å². The molecule has 3 aromatic rings. The number of ether oxygens (including phenoxy) is 1. The van der Waals surface area contributed by atoms with Crippen LogP contribution in [0.1, 0.15) is 48.3 Å². The molecule has 0 atom stereocenters. The summed E-state index contributed by atoms with van der Waals surface area (Å²) in [7, 11) is 0. The summed E-state index contributed by atoms with van der Waals surface area (Å²) in [5.74, 6) is -0.368. The Kier molecular flexibility index (Phi) is 7.27. The number of benzene rings is 1. The molecular weight excluding hydrogens is 436 g/mol. The minimum absolute atomic E-state index is 0.238. The summed E-state index contributed by atoms with van der Waals surface area (Å²) in [6.45, 7) is 6.44. The van der Waals surface area contributed by atoms with Gasteiger partial charge in [0.05, 0.1) is 28.5 Å². The lowest BCUT2D eigenvalue weighted by molar-refractivity contribution is 0.0904. The van der Waals surface area contributed by atoms with Gasteiger partial charge in [-0.15, -0.1) is 0 Å². The summed E-state index contributed by atoms with van der Waals surface area (Å²) in [6, 6.07) is 6.78. The first-order valence-electron chi connectivity index (χ1n) is 11.6. The number of fused-ring (bicyclic) bond motifs is 1. The zero-order chi connectivity index (χ0) is 24.1. The highest BCUT2D eigenvalue weighted by Gasteiger charge is 2.22. The molecule has 0 saturated carbocycles. The van der Waals surface area contributed by atoms with Gasteiger partial charge in [-0.3, -0.25) is 10.1 Å². The molecule has 0 bridgehead atoms. The van der Waals surface area contributed by atoms with E-state index in [2.05, 4.69) is 21.0 Å². The lowest BCUT2D eigenvalue weighted by atomic mass is 10.0. The van der Waals surface area contributed by atoms with Gasteiger partial charge in [-0.05, 0) is 38.3 Å². The molecule has 1 aromatic carbocycles. The number of hydrogen-bond acceptors (Lipinski definition) is 6. The number of nitrogens with zero attached hydrogens (tertiary/aromatic N) is 3. The smallest absolute Gasteiger partial charge is 0.409 e. The average Bonchev–Trinajstić information content (AvgIpc) is 3.26. The van der Waals surface area contributed by atoms with Crippen molar-refractivity contribution in [1.82, 2.24) is 20.1 Å². The maximum atomic E-state index is 13.0. The summed E-state index contributed by atoms with van der Waals surface area (Å²) in [6.07, 6.45) is 3.08. The Hall–Kier alpha value is -3.66. The third-order valence-electron chi connectivity index (χ3n) is 6.02. The van der Waals surface area contributed by atoms with Gasteiger partial charge in [0.15, 0.2) is 5.65 Å². The van der Waals surface area contributed by atoms with E-state index in [1.807, 2.05) is 24.7 Å². The molecule has 4 rings (SSSR count). The van der Waals surface area contributed by atoms with Gasteiger partial charge in [0.2, 0.25) is 0 Å². The van der Waals surface area contributed by atoms with E-state index >= 15 is 0 Å². The normalized spacial score (nSPS) is 14.2. The van der Waals surface area contributed by atoms with Crippen LogP contribution in [-0.4, -0.2) is 51.1 Å². The molecule has 34 heavy (non-hydrogen) atoms. The van der Waals surface area contributed by atoms with Gasteiger partial charge < -0.3 is 20.5 Å². The van der Waals surface area contributed by atoms with Crippen molar-refractivity contribution in [3.63, 3.8) is 0 Å². The number of carbonyl (C=O) groups is 2. The van der Waals surface area contributed by atoms with Crippen LogP contribution in [0, 0.1) is 0 Å². The fraction of sp³-hybridized carbons (Fsp3) is 0.417. The van der Waals surface area contributed by atoms with Crippen LogP contribution in [-0.2, 0) is 24.2 Å². The minimum Gasteiger partial charge on any atom is -0.465 e. The zero-order valence-electron chi connectivity index (χ0n) is 19.4. The van der Waals surface area contributed by atoms with Crippen molar-refractivity contribution in [2.24, 2.45) is 0 Å². The number of nitrogens with one attached hydrogen (secondary N) is 3. The maximum Gasteiger partial charge on any atom is 0.409 e. The van der Waals surface area contributed by atoms with Crippen LogP contribution in [0.25, 0.3) is 11.0 Å². The van der Waals surface area contributed by atoms with E-state index in [1.165, 1.54) is 0 Å². The number of carboxylic acid groups (broad SMARTS) is 1. The summed E-state index contributed by atoms with van der Waals surface area (Å²) in [5.41, 5.74) is 4.05. The van der Waals surface area contributed by atoms with E-state index in [1.54, 1.807) is 24.3 Å². The van der Waals surface area contributed by atoms with Crippen LogP contribution >= 0.6 is 0 Å². The first kappa shape index (κ1) is 23.5. The van der Waals surface area contributed by atoms with E-state index in [4.69, 9.17) is 14.8 Å². The molecule has 4 N–H and O–H groups in total. The number of amides is 2. The van der Waals surface area contributed by atoms with Crippen molar-refractivity contribution in [2.75, 3.05) is 23.8 Å². The second-order valence-corrected chi connectivity index (χ2v) is 8.15. The Morgan fingerprint density at radius 2 is 1.97 bits per heavy atom. The highest BCUT2D eigenvalue weighted by atomic mass is 16.5. The van der Waals surface area contributed by atoms with Gasteiger partial charge in [-0.1, -0.05) is 19.1 Å². The van der Waals surface area contributed by atoms with Crippen LogP contribution in [0.4, 0.5) is 16.2 Å². The third kappa shape index (κ3) is 4.96. The fourth-order valence-electron chi connectivity index (χ4n) is 4.27. The molecule has 1 aliphatic rings. The number of para-hydroxylation sites is 1. The Morgan fingerprint density at radius 3 is 2.68 bits per heavy atom. The molecule has 10 nitrogen and oxygen atoms in total. The minimum atomic E-state index is -1.22. The molecule has 1 saturated heterocycles. The van der Waals surface area contributed by atoms with Gasteiger partial charge in [-0.25, -0.2) is 14.5 Å². The van der Waals surface area contributed by atoms with E-state index in [-0.39, 0.29) is 29.7 Å². The van der Waals surface area contributed by atoms with E-state index in [9.17, 15) is 9.59 Å². The van der Waals surface area contributed by atoms with Crippen molar-refractivity contribution in [3.8, 4) is 0 Å². The Balaban J connectivity index is 1.68. The van der Waals surface area contributed by atoms with Gasteiger partial charge in [-0.2, -0.15) is 5.10 Å². The van der Waals surface area contributed by atoms with Crippen LogP contribution in [0.5, 0.6) is 0 Å². The zero-order valence-corrected chi connectivity index (χ0v) is 19.4. The molecule has 0 unspecified atom stereocenters. The Bertz CT molecular complexity index is 1190. The number of hydrogen-bond donors (Lipinski definition) is 4. The molecule has 10 heteroatoms. The molecule has 1 fully saturated rings. The monoisotopic (exact) mass is 466 g/mol. The molecule has 0 spiro atoms. The summed E-state index contributed by atoms with van der Waals surface area (Å²) in [4.78, 5) is 29.0. The van der Waals surface area contributed by atoms with Gasteiger partial charge in [0.1, 0.15) is 0 Å². The summed E-state index contributed by atoms with van der Waals surface area (Å²) in [5, 5.41) is 23.4. The number of carbonyl (C=O) groups excluding carboxylic acids is 1. The number of rotatable bonds is 8. The molecule has 2 amide bonds. The molecule has 3 heterocycles. The van der Waals surface area contributed by atoms with Crippen molar-refractivity contribution >= 4 is 34.4 Å². The lowest BCUT2D eigenvalue weighted by Gasteiger charge is -2.26. The fourth-order valence-corrected chi connectivity index (χ4v) is 4.27. The summed E-state index contributed by atoms with van der Waals surface area (Å²) >= 11 is 0. The first-order valence-corrected chi connectivity index (χ1v) is 11.6. The van der Waals surface area contributed by atoms with E-state index in [0.29, 0.717) is 26.2 Å². The molecular formula is C24H30N6O4. The third-order valence-corrected chi connectivity index (χ3v) is 6.02. The van der Waals surface area contributed by atoms with Crippen LogP contribution < -0.4 is 16.0 Å². The maximum absolute atomic E-state index is 13.0. The molecule has 0 aliphatic carbocycles. The van der Waals surface area contributed by atoms with E-state index < -0.39 is 6.09 Å². The number of anilines is 2. The summed E-state index contributed by atoms with van der Waals surface area (Å²) < 4.78 is 7.39. The van der Waals surface area contributed by atoms with Crippen molar-refractivity contribution in [1.29, 1.82) is 0 Å². The van der Waals surface area contributed by atoms with Crippen molar-refractivity contribution in [2.45, 2.75) is 52.2 Å². The highest BCUT2D eigenvalue weighted by Crippen LogP contribution is 2.31. The van der Waals surface area contributed by atoms with E-state index in [0.717, 1.165) is 40.8 Å². The van der Waals surface area contributed by atoms with Gasteiger partial charge in [0.25, 0.3) is 5.91 Å². The van der Waals surface area contributed by atoms with Crippen LogP contribution in [0.3, 0.4) is 0 Å².